The number of hydrogen-bond donors (Lipinski definition) is 2. The van der Waals surface area contributed by atoms with Crippen LogP contribution in [0.4, 0.5) is 0 Å². The second kappa shape index (κ2) is 6.43. The van der Waals surface area contributed by atoms with Crippen LogP contribution < -0.4 is 14.8 Å². The molecule has 20 heavy (non-hydrogen) atoms. The lowest BCUT2D eigenvalue weighted by Gasteiger charge is -2.36. The minimum atomic E-state index is 0.180. The van der Waals surface area contributed by atoms with E-state index in [0.717, 1.165) is 49.7 Å². The number of aliphatic hydroxyl groups is 1. The van der Waals surface area contributed by atoms with Crippen LogP contribution in [0.3, 0.4) is 0 Å². The van der Waals surface area contributed by atoms with Crippen molar-refractivity contribution in [3.05, 3.63) is 23.8 Å². The van der Waals surface area contributed by atoms with Crippen molar-refractivity contribution in [2.75, 3.05) is 46.0 Å². The summed E-state index contributed by atoms with van der Waals surface area (Å²) in [7, 11) is 0. The molecule has 2 N–H and O–H groups in total. The quantitative estimate of drug-likeness (QED) is 0.853. The highest BCUT2D eigenvalue weighted by atomic mass is 16.6. The molecule has 1 atom stereocenters. The van der Waals surface area contributed by atoms with Gasteiger partial charge >= 0.3 is 0 Å². The van der Waals surface area contributed by atoms with Crippen LogP contribution >= 0.6 is 0 Å². The average molecular weight is 278 g/mol. The molecule has 2 aliphatic heterocycles. The highest BCUT2D eigenvalue weighted by molar-refractivity contribution is 5.49. The molecule has 1 saturated heterocycles. The Kier molecular flexibility index (Phi) is 4.40. The number of ether oxygens (including phenoxy) is 2. The predicted octanol–water partition coefficient (Wildman–Crippen LogP) is 0.786. The number of rotatable bonds is 4. The van der Waals surface area contributed by atoms with E-state index in [-0.39, 0.29) is 12.6 Å². The lowest BCUT2D eigenvalue weighted by atomic mass is 9.99. The Balaban J connectivity index is 1.90. The Labute approximate surface area is 119 Å². The standard InChI is InChI=1S/C15H22N2O3/c18-9-4-13(17-7-5-16-6-8-17)12-2-1-3-14-15(12)20-11-10-19-14/h1-3,13,16,18H,4-11H2/t13-/m0/s1. The maximum Gasteiger partial charge on any atom is 0.166 e. The SMILES string of the molecule is OCC[C@@H](c1cccc2c1OCCO2)N1CCNCC1. The Morgan fingerprint density at radius 3 is 2.80 bits per heavy atom. The van der Waals surface area contributed by atoms with Crippen LogP contribution in [0, 0.1) is 0 Å². The smallest absolute Gasteiger partial charge is 0.166 e. The van der Waals surface area contributed by atoms with Crippen molar-refractivity contribution in [1.29, 1.82) is 0 Å². The molecule has 110 valence electrons. The van der Waals surface area contributed by atoms with Gasteiger partial charge in [-0.2, -0.15) is 0 Å². The molecule has 1 aromatic carbocycles. The third-order valence-corrected chi connectivity index (χ3v) is 3.95. The third-order valence-electron chi connectivity index (χ3n) is 3.95. The van der Waals surface area contributed by atoms with E-state index in [0.29, 0.717) is 13.2 Å². The second-order valence-electron chi connectivity index (χ2n) is 5.19. The third kappa shape index (κ3) is 2.75. The van der Waals surface area contributed by atoms with Crippen molar-refractivity contribution < 1.29 is 14.6 Å². The predicted molar refractivity (Wildman–Crippen MR) is 76.3 cm³/mol. The number of fused-ring (bicyclic) bond motifs is 1. The summed E-state index contributed by atoms with van der Waals surface area (Å²) in [4.78, 5) is 2.42. The Morgan fingerprint density at radius 1 is 1.20 bits per heavy atom. The van der Waals surface area contributed by atoms with Crippen LogP contribution in [0.1, 0.15) is 18.0 Å². The van der Waals surface area contributed by atoms with Crippen LogP contribution in [0.25, 0.3) is 0 Å². The Bertz CT molecular complexity index is 447. The van der Waals surface area contributed by atoms with E-state index in [1.54, 1.807) is 0 Å². The minimum absolute atomic E-state index is 0.180. The van der Waals surface area contributed by atoms with Crippen molar-refractivity contribution in [2.24, 2.45) is 0 Å². The number of para-hydroxylation sites is 1. The zero-order chi connectivity index (χ0) is 13.8. The highest BCUT2D eigenvalue weighted by Crippen LogP contribution is 2.40. The van der Waals surface area contributed by atoms with Gasteiger partial charge in [-0.1, -0.05) is 12.1 Å². The summed E-state index contributed by atoms with van der Waals surface area (Å²) < 4.78 is 11.5. The highest BCUT2D eigenvalue weighted by Gasteiger charge is 2.27. The van der Waals surface area contributed by atoms with Crippen LogP contribution in [0.2, 0.25) is 0 Å². The number of piperazine rings is 1. The first-order valence-electron chi connectivity index (χ1n) is 7.34. The van der Waals surface area contributed by atoms with E-state index in [2.05, 4.69) is 16.3 Å². The monoisotopic (exact) mass is 278 g/mol. The van der Waals surface area contributed by atoms with Crippen molar-refractivity contribution >= 4 is 0 Å². The van der Waals surface area contributed by atoms with Gasteiger partial charge in [-0.05, 0) is 12.5 Å². The topological polar surface area (TPSA) is 54.0 Å². The van der Waals surface area contributed by atoms with E-state index < -0.39 is 0 Å². The van der Waals surface area contributed by atoms with Gasteiger partial charge in [0.25, 0.3) is 0 Å². The fourth-order valence-electron chi connectivity index (χ4n) is 3.01. The fraction of sp³-hybridized carbons (Fsp3) is 0.600. The molecule has 0 amide bonds. The molecule has 0 saturated carbocycles. The molecule has 3 rings (SSSR count). The number of benzene rings is 1. The van der Waals surface area contributed by atoms with Gasteiger partial charge in [-0.25, -0.2) is 0 Å². The lowest BCUT2D eigenvalue weighted by molar-refractivity contribution is 0.129. The van der Waals surface area contributed by atoms with Crippen LogP contribution in [0.5, 0.6) is 11.5 Å². The van der Waals surface area contributed by atoms with Gasteiger partial charge < -0.3 is 19.9 Å². The number of nitrogens with zero attached hydrogens (tertiary/aromatic N) is 1. The molecule has 5 heteroatoms. The molecule has 2 aliphatic rings. The molecule has 0 aliphatic carbocycles. The summed E-state index contributed by atoms with van der Waals surface area (Å²) >= 11 is 0. The summed E-state index contributed by atoms with van der Waals surface area (Å²) in [5, 5.41) is 12.8. The lowest BCUT2D eigenvalue weighted by Crippen LogP contribution is -2.45. The Hall–Kier alpha value is -1.30. The van der Waals surface area contributed by atoms with Gasteiger partial charge in [-0.15, -0.1) is 0 Å². The van der Waals surface area contributed by atoms with E-state index in [9.17, 15) is 5.11 Å². The van der Waals surface area contributed by atoms with Crippen molar-refractivity contribution in [1.82, 2.24) is 10.2 Å². The molecule has 0 radical (unpaired) electrons. The maximum absolute atomic E-state index is 9.42. The van der Waals surface area contributed by atoms with Gasteiger partial charge in [0.1, 0.15) is 13.2 Å². The summed E-state index contributed by atoms with van der Waals surface area (Å²) in [5.74, 6) is 1.68. The average Bonchev–Trinajstić information content (AvgIpc) is 2.53. The number of nitrogens with one attached hydrogen (secondary N) is 1. The molecular weight excluding hydrogens is 256 g/mol. The molecular formula is C15H22N2O3. The Morgan fingerprint density at radius 2 is 2.00 bits per heavy atom. The van der Waals surface area contributed by atoms with E-state index in [1.165, 1.54) is 0 Å². The zero-order valence-corrected chi connectivity index (χ0v) is 11.7. The summed E-state index contributed by atoms with van der Waals surface area (Å²) in [5.41, 5.74) is 1.14. The second-order valence-corrected chi connectivity index (χ2v) is 5.19. The maximum atomic E-state index is 9.42. The molecule has 0 bridgehead atoms. The minimum Gasteiger partial charge on any atom is -0.486 e. The normalized spacial score (nSPS) is 20.6. The zero-order valence-electron chi connectivity index (χ0n) is 11.7. The molecule has 5 nitrogen and oxygen atoms in total. The first-order chi connectivity index (χ1) is 9.90. The van der Waals surface area contributed by atoms with Crippen LogP contribution in [-0.4, -0.2) is 56.0 Å². The first kappa shape index (κ1) is 13.7. The molecule has 1 fully saturated rings. The first-order valence-corrected chi connectivity index (χ1v) is 7.34. The van der Waals surface area contributed by atoms with Gasteiger partial charge in [0.05, 0.1) is 0 Å². The van der Waals surface area contributed by atoms with Crippen LogP contribution in [-0.2, 0) is 0 Å². The van der Waals surface area contributed by atoms with Gasteiger partial charge in [0.15, 0.2) is 11.5 Å². The summed E-state index contributed by atoms with van der Waals surface area (Å²) in [6, 6.07) is 6.25. The van der Waals surface area contributed by atoms with Crippen LogP contribution in [0.15, 0.2) is 18.2 Å². The van der Waals surface area contributed by atoms with Gasteiger partial charge in [-0.3, -0.25) is 4.90 Å². The van der Waals surface area contributed by atoms with E-state index in [1.807, 2.05) is 12.1 Å². The number of aliphatic hydroxyl groups excluding tert-OH is 1. The largest absolute Gasteiger partial charge is 0.486 e. The molecule has 0 unspecified atom stereocenters. The number of hydrogen-bond acceptors (Lipinski definition) is 5. The van der Waals surface area contributed by atoms with Crippen molar-refractivity contribution in [3.8, 4) is 11.5 Å². The summed E-state index contributed by atoms with van der Waals surface area (Å²) in [6.07, 6.45) is 0.722. The van der Waals surface area contributed by atoms with E-state index in [4.69, 9.17) is 9.47 Å². The van der Waals surface area contributed by atoms with Crippen molar-refractivity contribution in [2.45, 2.75) is 12.5 Å². The summed E-state index contributed by atoms with van der Waals surface area (Å²) in [6.45, 7) is 5.36. The molecule has 0 aromatic heterocycles. The molecule has 2 heterocycles. The molecule has 0 spiro atoms. The van der Waals surface area contributed by atoms with Gasteiger partial charge in [0, 0.05) is 44.4 Å². The van der Waals surface area contributed by atoms with E-state index >= 15 is 0 Å². The van der Waals surface area contributed by atoms with Gasteiger partial charge in [0.2, 0.25) is 0 Å². The molecule has 1 aromatic rings. The van der Waals surface area contributed by atoms with Crippen molar-refractivity contribution in [3.63, 3.8) is 0 Å². The fourth-order valence-corrected chi connectivity index (χ4v) is 3.01.